The van der Waals surface area contributed by atoms with Gasteiger partial charge in [-0.25, -0.2) is 14.6 Å². The molecule has 2 N–H and O–H groups in total. The van der Waals surface area contributed by atoms with Gasteiger partial charge in [-0.2, -0.15) is 31.3 Å². The number of nitro groups is 1. The van der Waals surface area contributed by atoms with E-state index in [1.54, 1.807) is 0 Å². The van der Waals surface area contributed by atoms with Gasteiger partial charge in [-0.05, 0) is 30.3 Å². The van der Waals surface area contributed by atoms with Crippen molar-refractivity contribution < 1.29 is 50.1 Å². The smallest absolute Gasteiger partial charge is 0.493 e. The Labute approximate surface area is 216 Å². The lowest BCUT2D eigenvalue weighted by Crippen LogP contribution is -2.36. The van der Waals surface area contributed by atoms with Crippen LogP contribution < -0.4 is 26.0 Å². The fourth-order valence-electron chi connectivity index (χ4n) is 3.17. The van der Waals surface area contributed by atoms with Crippen molar-refractivity contribution in [3.63, 3.8) is 0 Å². The Balaban J connectivity index is 1.70. The Bertz CT molecular complexity index is 1680. The zero-order valence-electron chi connectivity index (χ0n) is 19.5. The number of methoxy groups -OCH3 is 1. The topological polar surface area (TPSA) is 164 Å². The highest BCUT2D eigenvalue weighted by Crippen LogP contribution is 2.35. The normalized spacial score (nSPS) is 11.8. The lowest BCUT2D eigenvalue weighted by molar-refractivity contribution is -0.384. The van der Waals surface area contributed by atoms with Gasteiger partial charge in [-0.1, -0.05) is 4.73 Å². The first-order valence-electron chi connectivity index (χ1n) is 10.4. The number of hydrogen-bond acceptors (Lipinski definition) is 11. The molecule has 0 radical (unpaired) electrons. The van der Waals surface area contributed by atoms with Crippen LogP contribution in [0.25, 0.3) is 11.1 Å². The monoisotopic (exact) mass is 574 g/mol. The molecule has 0 bridgehead atoms. The molecular weight excluding hydrogens is 562 g/mol. The molecule has 0 saturated carbocycles. The van der Waals surface area contributed by atoms with Crippen LogP contribution in [0.3, 0.4) is 0 Å². The van der Waals surface area contributed by atoms with E-state index in [0.29, 0.717) is 6.07 Å². The maximum Gasteiger partial charge on any atom is 0.493 e. The van der Waals surface area contributed by atoms with Gasteiger partial charge >= 0.3 is 29.8 Å². The van der Waals surface area contributed by atoms with Gasteiger partial charge in [-0.15, -0.1) is 0 Å². The maximum absolute atomic E-state index is 13.2. The van der Waals surface area contributed by atoms with E-state index in [9.17, 15) is 46.0 Å². The minimum absolute atomic E-state index is 0.0707. The second kappa shape index (κ2) is 10.1. The van der Waals surface area contributed by atoms with Gasteiger partial charge < -0.3 is 24.6 Å². The van der Waals surface area contributed by atoms with Crippen molar-refractivity contribution in [2.45, 2.75) is 12.4 Å². The molecule has 0 aliphatic heterocycles. The van der Waals surface area contributed by atoms with E-state index in [-0.39, 0.29) is 27.4 Å². The summed E-state index contributed by atoms with van der Waals surface area (Å²) in [5, 5.41) is 16.5. The number of rotatable bonds is 7. The minimum Gasteiger partial charge on any atom is -0.497 e. The summed E-state index contributed by atoms with van der Waals surface area (Å²) in [6.45, 7) is 0. The SMILES string of the molecule is COc1cc(Nc2ncc([N+](=O)[O-])c(Nc3ccc4oc(=O)n(OC(=O)C(F)(F)F)c4c3)n2)cc(C(F)(F)F)c1. The molecule has 0 amide bonds. The fraction of sp³-hybridized carbons (Fsp3) is 0.143. The predicted octanol–water partition coefficient (Wildman–Crippen LogP) is 4.32. The molecule has 19 heteroatoms. The van der Waals surface area contributed by atoms with Crippen molar-refractivity contribution in [1.29, 1.82) is 0 Å². The molecule has 0 unspecified atom stereocenters. The number of nitrogens with zero attached hydrogens (tertiary/aromatic N) is 4. The molecule has 0 aliphatic rings. The molecule has 13 nitrogen and oxygen atoms in total. The van der Waals surface area contributed by atoms with Gasteiger partial charge in [0, 0.05) is 17.4 Å². The van der Waals surface area contributed by atoms with Crippen LogP contribution in [0.2, 0.25) is 0 Å². The van der Waals surface area contributed by atoms with E-state index in [4.69, 9.17) is 9.15 Å². The fourth-order valence-corrected chi connectivity index (χ4v) is 3.17. The van der Waals surface area contributed by atoms with Crippen LogP contribution in [0, 0.1) is 10.1 Å². The van der Waals surface area contributed by atoms with E-state index in [2.05, 4.69) is 25.4 Å². The Morgan fingerprint density at radius 1 is 1.07 bits per heavy atom. The van der Waals surface area contributed by atoms with Crippen LogP contribution >= 0.6 is 0 Å². The average molecular weight is 574 g/mol. The standard InChI is InChI=1S/C21H12F6N6O7/c1-38-12-5-9(20(22,23)24)4-11(6-12)30-18-28-8-14(33(36)37)16(31-18)29-10-2-3-15-13(7-10)32(19(35)39-15)40-17(34)21(25,26)27/h2-8H,1H3,(H2,28,29,30,31). The highest BCUT2D eigenvalue weighted by atomic mass is 19.4. The first-order chi connectivity index (χ1) is 18.7. The number of oxazole rings is 1. The van der Waals surface area contributed by atoms with Gasteiger partial charge in [0.15, 0.2) is 5.58 Å². The molecule has 2 aromatic heterocycles. The second-order valence-electron chi connectivity index (χ2n) is 7.60. The maximum atomic E-state index is 13.2. The number of anilines is 4. The molecular formula is C21H12F6N6O7. The third kappa shape index (κ3) is 5.87. The summed E-state index contributed by atoms with van der Waals surface area (Å²) in [7, 11) is 1.14. The van der Waals surface area contributed by atoms with E-state index < -0.39 is 57.5 Å². The number of halogens is 6. The number of fused-ring (bicyclic) bond motifs is 1. The predicted molar refractivity (Wildman–Crippen MR) is 121 cm³/mol. The van der Waals surface area contributed by atoms with Gasteiger partial charge in [0.25, 0.3) is 0 Å². The molecule has 0 fully saturated rings. The summed E-state index contributed by atoms with van der Waals surface area (Å²) in [5.41, 5.74) is -2.83. The van der Waals surface area contributed by atoms with Crippen LogP contribution in [0.15, 0.2) is 51.8 Å². The number of alkyl halides is 6. The number of carbonyl (C=O) groups excluding carboxylic acids is 1. The summed E-state index contributed by atoms with van der Waals surface area (Å²) < 4.78 is 87.0. The number of aromatic nitrogens is 3. The lowest BCUT2D eigenvalue weighted by atomic mass is 10.2. The summed E-state index contributed by atoms with van der Waals surface area (Å²) >= 11 is 0. The number of benzene rings is 2. The van der Waals surface area contributed by atoms with Crippen LogP contribution in [-0.2, 0) is 11.0 Å². The van der Waals surface area contributed by atoms with Crippen molar-refractivity contribution in [3.8, 4) is 5.75 Å². The molecule has 210 valence electrons. The van der Waals surface area contributed by atoms with E-state index in [0.717, 1.165) is 31.5 Å². The van der Waals surface area contributed by atoms with Crippen molar-refractivity contribution in [3.05, 3.63) is 68.8 Å². The summed E-state index contributed by atoms with van der Waals surface area (Å²) in [5.74, 6) is -5.26. The van der Waals surface area contributed by atoms with Crippen LogP contribution in [0.1, 0.15) is 5.56 Å². The van der Waals surface area contributed by atoms with Gasteiger partial charge in [-0.3, -0.25) is 10.1 Å². The lowest BCUT2D eigenvalue weighted by Gasteiger charge is -2.13. The molecule has 0 aliphatic carbocycles. The quantitative estimate of drug-likeness (QED) is 0.184. The van der Waals surface area contributed by atoms with Crippen LogP contribution in [0.5, 0.6) is 5.75 Å². The Morgan fingerprint density at radius 2 is 1.80 bits per heavy atom. The van der Waals surface area contributed by atoms with Gasteiger partial charge in [0.05, 0.1) is 17.6 Å². The first kappa shape index (κ1) is 27.7. The number of nitrogens with one attached hydrogen (secondary N) is 2. The van der Waals surface area contributed by atoms with E-state index in [1.807, 2.05) is 0 Å². The second-order valence-corrected chi connectivity index (χ2v) is 7.60. The van der Waals surface area contributed by atoms with Crippen molar-refractivity contribution >= 4 is 45.9 Å². The summed E-state index contributed by atoms with van der Waals surface area (Å²) in [6, 6.07) is 5.87. The van der Waals surface area contributed by atoms with Crippen LogP contribution in [0.4, 0.5) is 55.2 Å². The third-order valence-electron chi connectivity index (χ3n) is 4.90. The van der Waals surface area contributed by atoms with Crippen molar-refractivity contribution in [2.75, 3.05) is 17.7 Å². The summed E-state index contributed by atoms with van der Waals surface area (Å²) in [4.78, 5) is 45.4. The average Bonchev–Trinajstić information content (AvgIpc) is 3.17. The van der Waals surface area contributed by atoms with Crippen LogP contribution in [-0.4, -0.2) is 38.9 Å². The van der Waals surface area contributed by atoms with Gasteiger partial charge in [0.1, 0.15) is 17.5 Å². The molecule has 0 saturated heterocycles. The molecule has 0 spiro atoms. The zero-order chi connectivity index (χ0) is 29.4. The first-order valence-corrected chi connectivity index (χ1v) is 10.4. The molecule has 4 rings (SSSR count). The molecule has 40 heavy (non-hydrogen) atoms. The van der Waals surface area contributed by atoms with E-state index in [1.165, 1.54) is 12.1 Å². The number of ether oxygens (including phenoxy) is 1. The Hall–Kier alpha value is -5.36. The Kier molecular flexibility index (Phi) is 6.97. The van der Waals surface area contributed by atoms with E-state index >= 15 is 0 Å². The molecule has 0 atom stereocenters. The van der Waals surface area contributed by atoms with Crippen molar-refractivity contribution in [1.82, 2.24) is 14.7 Å². The largest absolute Gasteiger partial charge is 0.497 e. The third-order valence-corrected chi connectivity index (χ3v) is 4.90. The number of hydrogen-bond donors (Lipinski definition) is 2. The molecule has 2 aromatic carbocycles. The van der Waals surface area contributed by atoms with Gasteiger partial charge in [0.2, 0.25) is 11.8 Å². The Morgan fingerprint density at radius 3 is 2.42 bits per heavy atom. The van der Waals surface area contributed by atoms with Crippen molar-refractivity contribution in [2.24, 2.45) is 0 Å². The molecule has 4 aromatic rings. The minimum atomic E-state index is -5.44. The highest BCUT2D eigenvalue weighted by Gasteiger charge is 2.42. The summed E-state index contributed by atoms with van der Waals surface area (Å²) in [6.07, 6.45) is -9.43. The molecule has 2 heterocycles. The highest BCUT2D eigenvalue weighted by molar-refractivity contribution is 5.81. The zero-order valence-corrected chi connectivity index (χ0v) is 19.5. The number of carbonyl (C=O) groups is 1.